The molecular weight excluding hydrogens is 335 g/mol. The van der Waals surface area contributed by atoms with E-state index in [0.29, 0.717) is 18.7 Å². The normalized spacial score (nSPS) is 18.2. The van der Waals surface area contributed by atoms with E-state index in [1.807, 2.05) is 0 Å². The topological polar surface area (TPSA) is 63.4 Å². The number of rotatable bonds is 7. The highest BCUT2D eigenvalue weighted by Crippen LogP contribution is 2.48. The van der Waals surface area contributed by atoms with Crippen molar-refractivity contribution in [3.8, 4) is 0 Å². The highest BCUT2D eigenvalue weighted by Gasteiger charge is 2.45. The minimum atomic E-state index is -0.450. The first-order valence-corrected chi connectivity index (χ1v) is 8.38. The van der Waals surface area contributed by atoms with E-state index in [-0.39, 0.29) is 29.2 Å². The number of hydrogen-bond acceptors (Lipinski definition) is 3. The van der Waals surface area contributed by atoms with Gasteiger partial charge in [0, 0.05) is 31.1 Å². The molecule has 0 saturated heterocycles. The van der Waals surface area contributed by atoms with Crippen molar-refractivity contribution in [3.05, 3.63) is 88.2 Å². The Morgan fingerprint density at radius 3 is 2.69 bits per heavy atom. The summed E-state index contributed by atoms with van der Waals surface area (Å²) in [6, 6.07) is 12.5. The van der Waals surface area contributed by atoms with Crippen molar-refractivity contribution in [2.75, 3.05) is 6.54 Å². The molecule has 1 aliphatic carbocycles. The first-order valence-electron chi connectivity index (χ1n) is 8.38. The van der Waals surface area contributed by atoms with Crippen LogP contribution in [0.4, 0.5) is 10.1 Å². The van der Waals surface area contributed by atoms with Crippen molar-refractivity contribution in [2.24, 2.45) is 5.92 Å². The fourth-order valence-electron chi connectivity index (χ4n) is 3.16. The Labute approximate surface area is 150 Å². The summed E-state index contributed by atoms with van der Waals surface area (Å²) in [4.78, 5) is 25.0. The molecule has 2 unspecified atom stereocenters. The second-order valence-corrected chi connectivity index (χ2v) is 6.43. The van der Waals surface area contributed by atoms with E-state index in [1.165, 1.54) is 24.3 Å². The summed E-state index contributed by atoms with van der Waals surface area (Å²) in [5.74, 6) is -0.346. The Balaban J connectivity index is 1.71. The molecule has 0 spiro atoms. The summed E-state index contributed by atoms with van der Waals surface area (Å²) in [7, 11) is 0. The van der Waals surface area contributed by atoms with Crippen LogP contribution >= 0.6 is 0 Å². The van der Waals surface area contributed by atoms with Gasteiger partial charge in [0.15, 0.2) is 0 Å². The van der Waals surface area contributed by atoms with Gasteiger partial charge in [-0.15, -0.1) is 6.58 Å². The van der Waals surface area contributed by atoms with Gasteiger partial charge in [-0.05, 0) is 35.6 Å². The molecule has 0 heterocycles. The van der Waals surface area contributed by atoms with E-state index >= 15 is 0 Å². The number of non-ortho nitro benzene ring substituents is 1. The Bertz CT molecular complexity index is 835. The zero-order valence-electron chi connectivity index (χ0n) is 14.2. The smallest absolute Gasteiger partial charge is 0.269 e. The minimum Gasteiger partial charge on any atom is -0.334 e. The van der Waals surface area contributed by atoms with Gasteiger partial charge < -0.3 is 4.90 Å². The molecular formula is C20H19FN2O3. The van der Waals surface area contributed by atoms with Crippen molar-refractivity contribution in [1.82, 2.24) is 4.90 Å². The van der Waals surface area contributed by atoms with Crippen LogP contribution in [0.15, 0.2) is 61.2 Å². The first-order chi connectivity index (χ1) is 12.5. The third-order valence-corrected chi connectivity index (χ3v) is 4.56. The number of hydrogen-bond donors (Lipinski definition) is 0. The third-order valence-electron chi connectivity index (χ3n) is 4.56. The Morgan fingerprint density at radius 1 is 1.31 bits per heavy atom. The molecule has 26 heavy (non-hydrogen) atoms. The van der Waals surface area contributed by atoms with Gasteiger partial charge in [-0.2, -0.15) is 0 Å². The number of nitro benzene ring substituents is 1. The molecule has 1 saturated carbocycles. The summed E-state index contributed by atoms with van der Waals surface area (Å²) >= 11 is 0. The lowest BCUT2D eigenvalue weighted by molar-refractivity contribution is -0.384. The van der Waals surface area contributed by atoms with Gasteiger partial charge in [0.1, 0.15) is 5.82 Å². The van der Waals surface area contributed by atoms with Crippen molar-refractivity contribution >= 4 is 11.6 Å². The summed E-state index contributed by atoms with van der Waals surface area (Å²) in [5, 5.41) is 10.9. The maximum Gasteiger partial charge on any atom is 0.269 e. The number of benzene rings is 2. The fourth-order valence-corrected chi connectivity index (χ4v) is 3.16. The standard InChI is InChI=1S/C20H19FN2O3/c1-2-10-22(13-14-4-3-5-17(11-14)23(25)26)20(24)19-12-18(19)15-6-8-16(21)9-7-15/h2-9,11,18-19H,1,10,12-13H2. The Morgan fingerprint density at radius 2 is 2.04 bits per heavy atom. The van der Waals surface area contributed by atoms with Crippen molar-refractivity contribution < 1.29 is 14.1 Å². The van der Waals surface area contributed by atoms with Crippen LogP contribution in [0, 0.1) is 21.8 Å². The molecule has 6 heteroatoms. The quantitative estimate of drug-likeness (QED) is 0.428. The van der Waals surface area contributed by atoms with Crippen molar-refractivity contribution in [2.45, 2.75) is 18.9 Å². The predicted octanol–water partition coefficient (Wildman–Crippen LogP) is 4.05. The van der Waals surface area contributed by atoms with E-state index in [9.17, 15) is 19.3 Å². The lowest BCUT2D eigenvalue weighted by Gasteiger charge is -2.21. The largest absolute Gasteiger partial charge is 0.334 e. The Hall–Kier alpha value is -3.02. The van der Waals surface area contributed by atoms with E-state index < -0.39 is 4.92 Å². The molecule has 1 fully saturated rings. The summed E-state index contributed by atoms with van der Waals surface area (Å²) in [6.07, 6.45) is 2.37. The molecule has 5 nitrogen and oxygen atoms in total. The summed E-state index contributed by atoms with van der Waals surface area (Å²) < 4.78 is 13.1. The van der Waals surface area contributed by atoms with Gasteiger partial charge >= 0.3 is 0 Å². The number of nitrogens with zero attached hydrogens (tertiary/aromatic N) is 2. The maximum absolute atomic E-state index is 13.1. The number of halogens is 1. The van der Waals surface area contributed by atoms with Gasteiger partial charge in [-0.25, -0.2) is 4.39 Å². The van der Waals surface area contributed by atoms with E-state index in [2.05, 4.69) is 6.58 Å². The monoisotopic (exact) mass is 354 g/mol. The number of nitro groups is 1. The van der Waals surface area contributed by atoms with E-state index in [0.717, 1.165) is 12.0 Å². The highest BCUT2D eigenvalue weighted by molar-refractivity contribution is 5.83. The highest BCUT2D eigenvalue weighted by atomic mass is 19.1. The van der Waals surface area contributed by atoms with Crippen LogP contribution in [0.1, 0.15) is 23.5 Å². The molecule has 0 N–H and O–H groups in total. The first kappa shape index (κ1) is 17.8. The number of carbonyl (C=O) groups excluding carboxylic acids is 1. The zero-order valence-corrected chi connectivity index (χ0v) is 14.2. The predicted molar refractivity (Wildman–Crippen MR) is 96.0 cm³/mol. The molecule has 3 rings (SSSR count). The summed E-state index contributed by atoms with van der Waals surface area (Å²) in [6.45, 7) is 4.35. The molecule has 1 aliphatic rings. The van der Waals surface area contributed by atoms with Crippen LogP contribution < -0.4 is 0 Å². The van der Waals surface area contributed by atoms with Gasteiger partial charge in [0.25, 0.3) is 5.69 Å². The van der Waals surface area contributed by atoms with E-state index in [4.69, 9.17) is 0 Å². The van der Waals surface area contributed by atoms with Crippen molar-refractivity contribution in [3.63, 3.8) is 0 Å². The zero-order chi connectivity index (χ0) is 18.7. The minimum absolute atomic E-state index is 0.00381. The summed E-state index contributed by atoms with van der Waals surface area (Å²) in [5.41, 5.74) is 1.66. The van der Waals surface area contributed by atoms with Gasteiger partial charge in [-0.1, -0.05) is 30.3 Å². The van der Waals surface area contributed by atoms with Crippen LogP contribution in [0.25, 0.3) is 0 Å². The lowest BCUT2D eigenvalue weighted by Crippen LogP contribution is -2.32. The molecule has 0 aliphatic heterocycles. The van der Waals surface area contributed by atoms with Crippen LogP contribution in [-0.2, 0) is 11.3 Å². The third kappa shape index (κ3) is 3.96. The second kappa shape index (κ2) is 7.47. The fraction of sp³-hybridized carbons (Fsp3) is 0.250. The second-order valence-electron chi connectivity index (χ2n) is 6.43. The maximum atomic E-state index is 13.1. The SMILES string of the molecule is C=CCN(Cc1cccc([N+](=O)[O-])c1)C(=O)C1CC1c1ccc(F)cc1. The Kier molecular flexibility index (Phi) is 5.11. The average molecular weight is 354 g/mol. The molecule has 0 aromatic heterocycles. The molecule has 2 aromatic carbocycles. The number of amides is 1. The molecule has 2 atom stereocenters. The van der Waals surface area contributed by atoms with Crippen LogP contribution in [-0.4, -0.2) is 22.3 Å². The average Bonchev–Trinajstić information content (AvgIpc) is 3.42. The molecule has 0 bridgehead atoms. The van der Waals surface area contributed by atoms with Gasteiger partial charge in [-0.3, -0.25) is 14.9 Å². The lowest BCUT2D eigenvalue weighted by atomic mass is 10.1. The van der Waals surface area contributed by atoms with Gasteiger partial charge in [0.05, 0.1) is 4.92 Å². The van der Waals surface area contributed by atoms with Crippen LogP contribution in [0.3, 0.4) is 0 Å². The molecule has 2 aromatic rings. The molecule has 134 valence electrons. The van der Waals surface area contributed by atoms with Crippen LogP contribution in [0.5, 0.6) is 0 Å². The van der Waals surface area contributed by atoms with Crippen molar-refractivity contribution in [1.29, 1.82) is 0 Å². The number of carbonyl (C=O) groups is 1. The van der Waals surface area contributed by atoms with Crippen LogP contribution in [0.2, 0.25) is 0 Å². The van der Waals surface area contributed by atoms with E-state index in [1.54, 1.807) is 35.2 Å². The molecule has 0 radical (unpaired) electrons. The van der Waals surface area contributed by atoms with Gasteiger partial charge in [0.2, 0.25) is 5.91 Å². The molecule has 1 amide bonds.